The smallest absolute Gasteiger partial charge is 0.315 e. The number of sulfone groups is 1. The van der Waals surface area contributed by atoms with Gasteiger partial charge < -0.3 is 20.5 Å². The number of carbonyl (C=O) groups excluding carboxylic acids is 1. The molecular weight excluding hydrogens is 356 g/mol. The first-order valence-electron chi connectivity index (χ1n) is 7.57. The van der Waals surface area contributed by atoms with Gasteiger partial charge in [0.05, 0.1) is 29.5 Å². The zero-order valence-corrected chi connectivity index (χ0v) is 14.9. The standard InChI is InChI=1S/C15H21ClN2O5S/c1-24(21,22)9-10(19)8-17-15(20)18-13-6-3-7-23-14-11(13)4-2-5-12(14)16/h2,4-5,10,13,19H,3,6-9H2,1H3,(H2,17,18,20). The van der Waals surface area contributed by atoms with Gasteiger partial charge in [-0.25, -0.2) is 13.2 Å². The van der Waals surface area contributed by atoms with Crippen LogP contribution in [0.25, 0.3) is 0 Å². The molecule has 134 valence electrons. The van der Waals surface area contributed by atoms with E-state index in [1.165, 1.54) is 0 Å². The molecule has 2 unspecified atom stereocenters. The van der Waals surface area contributed by atoms with Crippen LogP contribution in [-0.2, 0) is 9.84 Å². The lowest BCUT2D eigenvalue weighted by molar-refractivity contribution is 0.188. The van der Waals surface area contributed by atoms with E-state index in [1.54, 1.807) is 12.1 Å². The highest BCUT2D eigenvalue weighted by Gasteiger charge is 2.23. The van der Waals surface area contributed by atoms with Crippen LogP contribution in [0.1, 0.15) is 24.4 Å². The molecule has 1 aliphatic rings. The van der Waals surface area contributed by atoms with Gasteiger partial charge in [0.15, 0.2) is 0 Å². The Kier molecular flexibility index (Phi) is 6.31. The van der Waals surface area contributed by atoms with E-state index in [9.17, 15) is 18.3 Å². The summed E-state index contributed by atoms with van der Waals surface area (Å²) in [5.74, 6) is 0.169. The predicted molar refractivity (Wildman–Crippen MR) is 91.2 cm³/mol. The number of aliphatic hydroxyl groups is 1. The fourth-order valence-electron chi connectivity index (χ4n) is 2.55. The van der Waals surface area contributed by atoms with Crippen molar-refractivity contribution < 1.29 is 23.1 Å². The van der Waals surface area contributed by atoms with Crippen LogP contribution in [0.2, 0.25) is 5.02 Å². The van der Waals surface area contributed by atoms with Crippen molar-refractivity contribution in [3.8, 4) is 5.75 Å². The van der Waals surface area contributed by atoms with E-state index >= 15 is 0 Å². The van der Waals surface area contributed by atoms with Gasteiger partial charge in [0, 0.05) is 18.4 Å². The zero-order chi connectivity index (χ0) is 17.7. The highest BCUT2D eigenvalue weighted by atomic mass is 35.5. The lowest BCUT2D eigenvalue weighted by atomic mass is 10.0. The van der Waals surface area contributed by atoms with Crippen molar-refractivity contribution in [3.63, 3.8) is 0 Å². The van der Waals surface area contributed by atoms with Gasteiger partial charge in [-0.3, -0.25) is 0 Å². The quantitative estimate of drug-likeness (QED) is 0.717. The topological polar surface area (TPSA) is 105 Å². The zero-order valence-electron chi connectivity index (χ0n) is 13.3. The van der Waals surface area contributed by atoms with Crippen LogP contribution < -0.4 is 15.4 Å². The van der Waals surface area contributed by atoms with Crippen molar-refractivity contribution in [2.45, 2.75) is 25.0 Å². The van der Waals surface area contributed by atoms with Gasteiger partial charge in [-0.1, -0.05) is 23.7 Å². The molecule has 2 amide bonds. The minimum Gasteiger partial charge on any atom is -0.492 e. The van der Waals surface area contributed by atoms with Gasteiger partial charge in [0.2, 0.25) is 0 Å². The molecular formula is C15H21ClN2O5S. The first-order chi connectivity index (χ1) is 11.3. The Morgan fingerprint density at radius 2 is 2.25 bits per heavy atom. The number of carbonyl (C=O) groups is 1. The number of para-hydroxylation sites is 1. The molecule has 7 nitrogen and oxygen atoms in total. The molecule has 1 aromatic carbocycles. The number of urea groups is 1. The van der Waals surface area contributed by atoms with E-state index in [-0.39, 0.29) is 12.6 Å². The summed E-state index contributed by atoms with van der Waals surface area (Å²) in [6, 6.07) is 4.60. The number of nitrogens with one attached hydrogen (secondary N) is 2. The Labute approximate surface area is 146 Å². The third kappa shape index (κ3) is 5.54. The number of halogens is 1. The molecule has 0 spiro atoms. The molecule has 1 heterocycles. The van der Waals surface area contributed by atoms with Crippen molar-refractivity contribution >= 4 is 27.5 Å². The molecule has 0 aromatic heterocycles. The minimum atomic E-state index is -3.30. The second-order valence-electron chi connectivity index (χ2n) is 5.80. The van der Waals surface area contributed by atoms with Gasteiger partial charge in [-0.2, -0.15) is 0 Å². The summed E-state index contributed by atoms with van der Waals surface area (Å²) in [5.41, 5.74) is 0.798. The molecule has 0 aliphatic carbocycles. The number of ether oxygens (including phenoxy) is 1. The van der Waals surface area contributed by atoms with Gasteiger partial charge in [-0.15, -0.1) is 0 Å². The Morgan fingerprint density at radius 3 is 2.96 bits per heavy atom. The van der Waals surface area contributed by atoms with Crippen molar-refractivity contribution in [1.82, 2.24) is 10.6 Å². The summed E-state index contributed by atoms with van der Waals surface area (Å²) in [4.78, 5) is 12.0. The largest absolute Gasteiger partial charge is 0.492 e. The van der Waals surface area contributed by atoms with Crippen LogP contribution in [0.3, 0.4) is 0 Å². The molecule has 1 aromatic rings. The second-order valence-corrected chi connectivity index (χ2v) is 8.39. The molecule has 0 saturated carbocycles. The molecule has 1 aliphatic heterocycles. The fraction of sp³-hybridized carbons (Fsp3) is 0.533. The van der Waals surface area contributed by atoms with Crippen LogP contribution in [-0.4, -0.2) is 50.8 Å². The Balaban J connectivity index is 1.96. The van der Waals surface area contributed by atoms with Crippen LogP contribution in [0.4, 0.5) is 4.79 Å². The first kappa shape index (κ1) is 18.8. The molecule has 0 radical (unpaired) electrons. The summed E-state index contributed by atoms with van der Waals surface area (Å²) < 4.78 is 27.8. The van der Waals surface area contributed by atoms with Crippen LogP contribution in [0.15, 0.2) is 18.2 Å². The highest BCUT2D eigenvalue weighted by Crippen LogP contribution is 2.36. The van der Waals surface area contributed by atoms with Crippen molar-refractivity contribution in [2.75, 3.05) is 25.2 Å². The number of hydrogen-bond donors (Lipinski definition) is 3. The number of hydrogen-bond acceptors (Lipinski definition) is 5. The predicted octanol–water partition coefficient (Wildman–Crippen LogP) is 1.26. The number of fused-ring (bicyclic) bond motifs is 1. The normalized spacial score (nSPS) is 18.7. The third-order valence-corrected chi connectivity index (χ3v) is 4.84. The summed E-state index contributed by atoms with van der Waals surface area (Å²) in [6.07, 6.45) is 1.33. The first-order valence-corrected chi connectivity index (χ1v) is 10.0. The molecule has 2 rings (SSSR count). The lowest BCUT2D eigenvalue weighted by Crippen LogP contribution is -2.42. The molecule has 9 heteroatoms. The van der Waals surface area contributed by atoms with Crippen molar-refractivity contribution in [2.24, 2.45) is 0 Å². The molecule has 0 fully saturated rings. The Bertz CT molecular complexity index is 695. The maximum absolute atomic E-state index is 12.0. The second kappa shape index (κ2) is 8.04. The maximum atomic E-state index is 12.0. The summed E-state index contributed by atoms with van der Waals surface area (Å²) >= 11 is 6.14. The maximum Gasteiger partial charge on any atom is 0.315 e. The number of amides is 2. The number of benzene rings is 1. The molecule has 2 atom stereocenters. The van der Waals surface area contributed by atoms with E-state index in [1.807, 2.05) is 6.07 Å². The van der Waals surface area contributed by atoms with Crippen LogP contribution in [0, 0.1) is 0 Å². The van der Waals surface area contributed by atoms with Gasteiger partial charge in [-0.05, 0) is 18.9 Å². The average Bonchev–Trinajstić information content (AvgIpc) is 2.67. The highest BCUT2D eigenvalue weighted by molar-refractivity contribution is 7.90. The van der Waals surface area contributed by atoms with E-state index in [4.69, 9.17) is 16.3 Å². The number of rotatable bonds is 5. The summed E-state index contributed by atoms with van der Waals surface area (Å²) in [6.45, 7) is 0.369. The van der Waals surface area contributed by atoms with E-state index in [2.05, 4.69) is 10.6 Å². The fourth-order valence-corrected chi connectivity index (χ4v) is 3.60. The molecule has 24 heavy (non-hydrogen) atoms. The molecule has 3 N–H and O–H groups in total. The SMILES string of the molecule is CS(=O)(=O)CC(O)CNC(=O)NC1CCCOc2c(Cl)cccc21. The van der Waals surface area contributed by atoms with E-state index in [0.717, 1.165) is 18.2 Å². The Hall–Kier alpha value is -1.51. The van der Waals surface area contributed by atoms with Crippen molar-refractivity contribution in [1.29, 1.82) is 0 Å². The average molecular weight is 377 g/mol. The Morgan fingerprint density at radius 1 is 1.50 bits per heavy atom. The summed E-state index contributed by atoms with van der Waals surface area (Å²) in [7, 11) is -3.30. The summed E-state index contributed by atoms with van der Waals surface area (Å²) in [5, 5.41) is 15.4. The van der Waals surface area contributed by atoms with Gasteiger partial charge in [0.1, 0.15) is 15.6 Å². The number of aliphatic hydroxyl groups excluding tert-OH is 1. The van der Waals surface area contributed by atoms with Gasteiger partial charge >= 0.3 is 6.03 Å². The van der Waals surface area contributed by atoms with E-state index < -0.39 is 27.7 Å². The van der Waals surface area contributed by atoms with Crippen LogP contribution in [0.5, 0.6) is 5.75 Å². The monoisotopic (exact) mass is 376 g/mol. The third-order valence-electron chi connectivity index (χ3n) is 3.56. The van der Waals surface area contributed by atoms with Crippen molar-refractivity contribution in [3.05, 3.63) is 28.8 Å². The lowest BCUT2D eigenvalue weighted by Gasteiger charge is -2.20. The molecule has 0 bridgehead atoms. The van der Waals surface area contributed by atoms with E-state index in [0.29, 0.717) is 23.8 Å². The molecule has 0 saturated heterocycles. The van der Waals surface area contributed by atoms with Crippen LogP contribution >= 0.6 is 11.6 Å². The minimum absolute atomic E-state index is 0.148. The van der Waals surface area contributed by atoms with Gasteiger partial charge in [0.25, 0.3) is 0 Å².